The van der Waals surface area contributed by atoms with Crippen LogP contribution in [-0.2, 0) is 21.2 Å². The molecule has 1 rings (SSSR count). The molecule has 0 fully saturated rings. The molecule has 0 aliphatic rings. The van der Waals surface area contributed by atoms with Crippen LogP contribution in [0.2, 0.25) is 0 Å². The summed E-state index contributed by atoms with van der Waals surface area (Å²) in [6, 6.07) is 6.59. The Kier molecular flexibility index (Phi) is 12.8. The van der Waals surface area contributed by atoms with Crippen molar-refractivity contribution >= 4 is 40.0 Å². The normalized spacial score (nSPS) is 11.7. The molecule has 0 aliphatic carbocycles. The second kappa shape index (κ2) is 13.3. The van der Waals surface area contributed by atoms with Crippen molar-refractivity contribution in [2.24, 2.45) is 10.1 Å². The number of nitrogens with two attached hydrogens (primary N) is 1. The molecule has 0 amide bonds. The Morgan fingerprint density at radius 3 is 2.44 bits per heavy atom. The van der Waals surface area contributed by atoms with Gasteiger partial charge in [0, 0.05) is 32.8 Å². The summed E-state index contributed by atoms with van der Waals surface area (Å²) >= 11 is 0. The summed E-state index contributed by atoms with van der Waals surface area (Å²) in [5.74, 6) is 0.773. The van der Waals surface area contributed by atoms with E-state index in [2.05, 4.69) is 15.6 Å². The summed E-state index contributed by atoms with van der Waals surface area (Å²) in [5, 5.41) is 11.5. The fourth-order valence-electron chi connectivity index (χ4n) is 2.01. The molecule has 0 saturated carbocycles. The number of guanidine groups is 1. The quantitative estimate of drug-likeness (QED) is 0.202. The van der Waals surface area contributed by atoms with E-state index in [9.17, 15) is 8.42 Å². The lowest BCUT2D eigenvalue weighted by molar-refractivity contribution is 0.146. The van der Waals surface area contributed by atoms with Gasteiger partial charge in [0.15, 0.2) is 5.96 Å². The van der Waals surface area contributed by atoms with E-state index in [1.165, 1.54) is 12.1 Å². The minimum atomic E-state index is -3.63. The lowest BCUT2D eigenvalue weighted by Crippen LogP contribution is -2.38. The van der Waals surface area contributed by atoms with Crippen LogP contribution in [0.5, 0.6) is 0 Å². The zero-order valence-electron chi connectivity index (χ0n) is 14.8. The van der Waals surface area contributed by atoms with Crippen LogP contribution in [0.1, 0.15) is 25.8 Å². The Balaban J connectivity index is 0.00000576. The molecule has 1 aromatic rings. The van der Waals surface area contributed by atoms with Crippen LogP contribution in [0.3, 0.4) is 0 Å². The molecular weight excluding hydrogens is 455 g/mol. The van der Waals surface area contributed by atoms with Crippen molar-refractivity contribution in [3.05, 3.63) is 29.8 Å². The summed E-state index contributed by atoms with van der Waals surface area (Å²) in [6.45, 7) is 7.64. The first kappa shape index (κ1) is 24.1. The van der Waals surface area contributed by atoms with Crippen LogP contribution >= 0.6 is 24.0 Å². The van der Waals surface area contributed by atoms with Gasteiger partial charge in [-0.15, -0.1) is 24.0 Å². The number of nitrogens with zero attached hydrogens (tertiary/aromatic N) is 1. The topological polar surface area (TPSA) is 106 Å². The molecule has 0 bridgehead atoms. The zero-order chi connectivity index (χ0) is 17.8. The largest absolute Gasteiger partial charge is 0.382 e. The number of benzene rings is 1. The van der Waals surface area contributed by atoms with Gasteiger partial charge < -0.3 is 15.4 Å². The number of ether oxygens (including phenoxy) is 1. The van der Waals surface area contributed by atoms with Gasteiger partial charge in [0.2, 0.25) is 10.0 Å². The fraction of sp³-hybridized carbons (Fsp3) is 0.562. The SMILES string of the molecule is CCNC(=NCCCOCC)NCCc1ccc(S(N)(=O)=O)cc1.I. The first-order chi connectivity index (χ1) is 11.5. The van der Waals surface area contributed by atoms with Crippen LogP contribution in [0.4, 0.5) is 0 Å². The van der Waals surface area contributed by atoms with E-state index in [-0.39, 0.29) is 28.9 Å². The molecule has 0 atom stereocenters. The van der Waals surface area contributed by atoms with Gasteiger partial charge in [-0.05, 0) is 44.4 Å². The maximum Gasteiger partial charge on any atom is 0.238 e. The van der Waals surface area contributed by atoms with Crippen molar-refractivity contribution in [2.75, 3.05) is 32.8 Å². The van der Waals surface area contributed by atoms with Crippen LogP contribution in [0.15, 0.2) is 34.2 Å². The lowest BCUT2D eigenvalue weighted by atomic mass is 10.1. The van der Waals surface area contributed by atoms with E-state index < -0.39 is 10.0 Å². The molecule has 1 aromatic carbocycles. The Hall–Kier alpha value is -0.910. The number of rotatable bonds is 10. The molecule has 0 aliphatic heterocycles. The lowest BCUT2D eigenvalue weighted by Gasteiger charge is -2.11. The molecule has 0 unspecified atom stereocenters. The van der Waals surface area contributed by atoms with Gasteiger partial charge in [0.25, 0.3) is 0 Å². The maximum atomic E-state index is 11.2. The molecule has 0 saturated heterocycles. The molecule has 7 nitrogen and oxygen atoms in total. The third-order valence-electron chi connectivity index (χ3n) is 3.22. The van der Waals surface area contributed by atoms with E-state index in [0.717, 1.165) is 44.1 Å². The van der Waals surface area contributed by atoms with Crippen LogP contribution in [0, 0.1) is 0 Å². The van der Waals surface area contributed by atoms with Crippen molar-refractivity contribution in [1.29, 1.82) is 0 Å². The van der Waals surface area contributed by atoms with Gasteiger partial charge in [-0.3, -0.25) is 4.99 Å². The van der Waals surface area contributed by atoms with Gasteiger partial charge in [-0.2, -0.15) is 0 Å². The highest BCUT2D eigenvalue weighted by molar-refractivity contribution is 14.0. The second-order valence-corrected chi connectivity index (χ2v) is 6.74. The molecule has 144 valence electrons. The number of hydrogen-bond donors (Lipinski definition) is 3. The van der Waals surface area contributed by atoms with Gasteiger partial charge in [-0.1, -0.05) is 12.1 Å². The second-order valence-electron chi connectivity index (χ2n) is 5.18. The summed E-state index contributed by atoms with van der Waals surface area (Å²) in [6.07, 6.45) is 1.65. The molecule has 4 N–H and O–H groups in total. The van der Waals surface area contributed by atoms with Crippen molar-refractivity contribution < 1.29 is 13.2 Å². The van der Waals surface area contributed by atoms with Gasteiger partial charge in [0.05, 0.1) is 4.90 Å². The standard InChI is InChI=1S/C16H28N4O3S.HI/c1-3-18-16(19-11-5-13-23-4-2)20-12-10-14-6-8-15(9-7-14)24(17,21)22;/h6-9H,3-5,10-13H2,1-2H3,(H2,17,21,22)(H2,18,19,20);1H. The van der Waals surface area contributed by atoms with E-state index in [4.69, 9.17) is 9.88 Å². The number of aliphatic imine (C=N–C) groups is 1. The molecule has 0 radical (unpaired) electrons. The molecule has 0 heterocycles. The maximum absolute atomic E-state index is 11.2. The van der Waals surface area contributed by atoms with Crippen molar-refractivity contribution in [2.45, 2.75) is 31.6 Å². The van der Waals surface area contributed by atoms with Crippen LogP contribution in [0.25, 0.3) is 0 Å². The average Bonchev–Trinajstić information content (AvgIpc) is 2.54. The molecule has 0 spiro atoms. The number of hydrogen-bond acceptors (Lipinski definition) is 4. The highest BCUT2D eigenvalue weighted by Crippen LogP contribution is 2.08. The Bertz CT molecular complexity index is 606. The predicted octanol–water partition coefficient (Wildman–Crippen LogP) is 1.48. The highest BCUT2D eigenvalue weighted by atomic mass is 127. The van der Waals surface area contributed by atoms with Gasteiger partial charge in [0.1, 0.15) is 0 Å². The summed E-state index contributed by atoms with van der Waals surface area (Å²) < 4.78 is 27.7. The first-order valence-electron chi connectivity index (χ1n) is 8.19. The van der Waals surface area contributed by atoms with Crippen molar-refractivity contribution in [1.82, 2.24) is 10.6 Å². The Morgan fingerprint density at radius 1 is 1.20 bits per heavy atom. The molecule has 9 heteroatoms. The number of nitrogens with one attached hydrogen (secondary N) is 2. The summed E-state index contributed by atoms with van der Waals surface area (Å²) in [7, 11) is -3.63. The third kappa shape index (κ3) is 10.6. The number of primary sulfonamides is 1. The number of halogens is 1. The van der Waals surface area contributed by atoms with E-state index in [0.29, 0.717) is 13.1 Å². The molecule has 0 aromatic heterocycles. The van der Waals surface area contributed by atoms with Gasteiger partial charge >= 0.3 is 0 Å². The van der Waals surface area contributed by atoms with Crippen molar-refractivity contribution in [3.8, 4) is 0 Å². The minimum Gasteiger partial charge on any atom is -0.382 e. The Morgan fingerprint density at radius 2 is 1.88 bits per heavy atom. The van der Waals surface area contributed by atoms with Gasteiger partial charge in [-0.25, -0.2) is 13.6 Å². The smallest absolute Gasteiger partial charge is 0.238 e. The third-order valence-corrected chi connectivity index (χ3v) is 4.15. The average molecular weight is 484 g/mol. The first-order valence-corrected chi connectivity index (χ1v) is 9.73. The van der Waals surface area contributed by atoms with Crippen molar-refractivity contribution in [3.63, 3.8) is 0 Å². The van der Waals surface area contributed by atoms with Crippen LogP contribution in [-0.4, -0.2) is 47.2 Å². The summed E-state index contributed by atoms with van der Waals surface area (Å²) in [5.41, 5.74) is 1.03. The highest BCUT2D eigenvalue weighted by Gasteiger charge is 2.06. The Labute approximate surface area is 167 Å². The minimum absolute atomic E-state index is 0. The number of sulfonamides is 1. The summed E-state index contributed by atoms with van der Waals surface area (Å²) in [4.78, 5) is 4.61. The predicted molar refractivity (Wildman–Crippen MR) is 112 cm³/mol. The van der Waals surface area contributed by atoms with E-state index in [1.54, 1.807) is 12.1 Å². The fourth-order valence-corrected chi connectivity index (χ4v) is 2.53. The zero-order valence-corrected chi connectivity index (χ0v) is 18.0. The monoisotopic (exact) mass is 484 g/mol. The molecular formula is C16H29IN4O3S. The van der Waals surface area contributed by atoms with Crippen LogP contribution < -0.4 is 15.8 Å². The molecule has 25 heavy (non-hydrogen) atoms. The van der Waals surface area contributed by atoms with E-state index >= 15 is 0 Å². The van der Waals surface area contributed by atoms with E-state index in [1.807, 2.05) is 13.8 Å².